The Morgan fingerprint density at radius 1 is 0.694 bits per heavy atom. The van der Waals surface area contributed by atoms with Gasteiger partial charge in [-0.25, -0.2) is 4.99 Å². The fourth-order valence-electron chi connectivity index (χ4n) is 4.31. The van der Waals surface area contributed by atoms with Crippen LogP contribution in [0, 0.1) is 62.9 Å². The second-order valence-electron chi connectivity index (χ2n) is 8.39. The maximum absolute atomic E-state index is 5.92. The maximum atomic E-state index is 5.92. The number of nitrogens with zero attached hydrogens (tertiary/aromatic N) is 1. The average molecular weight is 529 g/mol. The quantitative estimate of drug-likeness (QED) is 0.284. The van der Waals surface area contributed by atoms with E-state index in [-0.39, 0.29) is 23.1 Å². The van der Waals surface area contributed by atoms with Crippen LogP contribution in [0.25, 0.3) is 0 Å². The minimum Gasteiger partial charge on any atom is -0.473 e. The SMILES string of the molecule is C[C@@H](N=C1OCc2ccccc21)[C]1[CH][CH][CH][C]1P(c1ccccc1)c1ccccc1.[CH]1[CH][CH][CH][CH]1.[Fe+2]. The van der Waals surface area contributed by atoms with Crippen LogP contribution in [-0.2, 0) is 28.4 Å². The molecule has 178 valence electrons. The van der Waals surface area contributed by atoms with E-state index in [1.807, 2.05) is 38.2 Å². The largest absolute Gasteiger partial charge is 2.00 e. The van der Waals surface area contributed by atoms with Crippen LogP contribution in [0.15, 0.2) is 89.9 Å². The number of hydrogen-bond acceptors (Lipinski definition) is 2. The second-order valence-corrected chi connectivity index (χ2v) is 10.6. The molecule has 3 aromatic rings. The molecule has 0 saturated heterocycles. The fraction of sp³-hybridized carbons (Fsp3) is 0.0938. The van der Waals surface area contributed by atoms with Gasteiger partial charge in [-0.05, 0) is 82.9 Å². The molecule has 2 saturated carbocycles. The number of hydrogen-bond donors (Lipinski definition) is 0. The van der Waals surface area contributed by atoms with Crippen molar-refractivity contribution >= 4 is 24.4 Å². The van der Waals surface area contributed by atoms with E-state index in [0.717, 1.165) is 11.5 Å². The zero-order valence-electron chi connectivity index (χ0n) is 20.1. The molecule has 3 aromatic carbocycles. The van der Waals surface area contributed by atoms with Gasteiger partial charge in [-0.2, -0.15) is 0 Å². The molecule has 0 bridgehead atoms. The Morgan fingerprint density at radius 2 is 1.25 bits per heavy atom. The van der Waals surface area contributed by atoms with Gasteiger partial charge in [-0.1, -0.05) is 78.9 Å². The first kappa shape index (κ1) is 27.1. The first-order valence-electron chi connectivity index (χ1n) is 11.9. The number of rotatable bonds is 5. The first-order chi connectivity index (χ1) is 17.3. The summed E-state index contributed by atoms with van der Waals surface area (Å²) in [6.07, 6.45) is 16.6. The van der Waals surface area contributed by atoms with Gasteiger partial charge < -0.3 is 4.74 Å². The van der Waals surface area contributed by atoms with Gasteiger partial charge in [0.25, 0.3) is 0 Å². The van der Waals surface area contributed by atoms with Gasteiger partial charge in [-0.15, -0.1) is 0 Å². The standard InChI is InChI=1S/C27H23NOP.C5H5.Fe/c1-20(28-27-25-16-9-8-11-21(25)19-29-27)24-17-10-18-26(24)30(22-12-4-2-5-13-22)23-14-6-3-7-15-23;1-2-4-5-3-1;/h2-18,20H,19H2,1H3;1-5H;/q;;+2/t20-;;/m1../s1. The zero-order chi connectivity index (χ0) is 23.9. The van der Waals surface area contributed by atoms with E-state index < -0.39 is 7.92 Å². The van der Waals surface area contributed by atoms with Crippen molar-refractivity contribution in [3.63, 3.8) is 0 Å². The fourth-order valence-corrected chi connectivity index (χ4v) is 6.86. The Kier molecular flexibility index (Phi) is 10.2. The summed E-state index contributed by atoms with van der Waals surface area (Å²) in [5.74, 6) is 2.03. The Hall–Kier alpha value is -1.92. The summed E-state index contributed by atoms with van der Waals surface area (Å²) in [6.45, 7) is 2.77. The predicted molar refractivity (Wildman–Crippen MR) is 147 cm³/mol. The van der Waals surface area contributed by atoms with Gasteiger partial charge in [0, 0.05) is 22.7 Å². The van der Waals surface area contributed by atoms with Crippen molar-refractivity contribution in [2.24, 2.45) is 4.99 Å². The molecule has 2 aliphatic carbocycles. The van der Waals surface area contributed by atoms with Crippen molar-refractivity contribution in [1.82, 2.24) is 0 Å². The summed E-state index contributed by atoms with van der Waals surface area (Å²) in [4.78, 5) is 4.99. The third-order valence-corrected chi connectivity index (χ3v) is 8.54. The zero-order valence-corrected chi connectivity index (χ0v) is 22.1. The monoisotopic (exact) mass is 529 g/mol. The molecule has 0 amide bonds. The van der Waals surface area contributed by atoms with Crippen LogP contribution in [0.2, 0.25) is 0 Å². The van der Waals surface area contributed by atoms with Gasteiger partial charge in [0.2, 0.25) is 5.90 Å². The molecule has 1 heterocycles. The first-order valence-corrected chi connectivity index (χ1v) is 13.3. The van der Waals surface area contributed by atoms with Gasteiger partial charge in [0.1, 0.15) is 6.61 Å². The predicted octanol–water partition coefficient (Wildman–Crippen LogP) is 6.24. The molecule has 0 unspecified atom stereocenters. The van der Waals surface area contributed by atoms with Crippen molar-refractivity contribution in [2.45, 2.75) is 19.6 Å². The van der Waals surface area contributed by atoms with Crippen LogP contribution in [0.1, 0.15) is 18.1 Å². The molecule has 3 aliphatic rings. The van der Waals surface area contributed by atoms with E-state index in [1.54, 1.807) is 0 Å². The Bertz CT molecular complexity index is 1050. The summed E-state index contributed by atoms with van der Waals surface area (Å²) < 4.78 is 5.92. The van der Waals surface area contributed by atoms with Crippen LogP contribution in [0.5, 0.6) is 0 Å². The van der Waals surface area contributed by atoms with Crippen LogP contribution in [0.4, 0.5) is 0 Å². The summed E-state index contributed by atoms with van der Waals surface area (Å²) >= 11 is 0. The number of ether oxygens (including phenoxy) is 1. The Balaban J connectivity index is 0.000000455. The Morgan fingerprint density at radius 3 is 1.86 bits per heavy atom. The topological polar surface area (TPSA) is 21.6 Å². The van der Waals surface area contributed by atoms with Crippen molar-refractivity contribution in [1.29, 1.82) is 0 Å². The molecular weight excluding hydrogens is 501 g/mol. The minimum atomic E-state index is -0.643. The molecular formula is C32H28FeNOP+2. The molecule has 1 atom stereocenters. The third-order valence-electron chi connectivity index (χ3n) is 6.02. The van der Waals surface area contributed by atoms with Gasteiger partial charge >= 0.3 is 17.1 Å². The molecule has 2 fully saturated rings. The van der Waals surface area contributed by atoms with E-state index >= 15 is 0 Å². The second kappa shape index (κ2) is 13.6. The minimum absolute atomic E-state index is 0. The van der Waals surface area contributed by atoms with E-state index in [1.165, 1.54) is 27.7 Å². The maximum Gasteiger partial charge on any atom is 2.00 e. The van der Waals surface area contributed by atoms with E-state index in [2.05, 4.69) is 105 Å². The van der Waals surface area contributed by atoms with Crippen LogP contribution >= 0.6 is 7.92 Å². The van der Waals surface area contributed by atoms with E-state index in [0.29, 0.717) is 6.61 Å². The van der Waals surface area contributed by atoms with Gasteiger partial charge in [0.05, 0.1) is 6.04 Å². The normalized spacial score (nSPS) is 19.3. The van der Waals surface area contributed by atoms with Crippen molar-refractivity contribution in [3.8, 4) is 0 Å². The molecule has 0 aromatic heterocycles. The van der Waals surface area contributed by atoms with Gasteiger partial charge in [0.15, 0.2) is 0 Å². The molecule has 10 radical (unpaired) electrons. The van der Waals surface area contributed by atoms with E-state index in [4.69, 9.17) is 9.73 Å². The summed E-state index contributed by atoms with van der Waals surface area (Å²) in [5.41, 5.74) is 3.69. The van der Waals surface area contributed by atoms with Crippen molar-refractivity contribution in [2.75, 3.05) is 0 Å². The van der Waals surface area contributed by atoms with Crippen LogP contribution in [0.3, 0.4) is 0 Å². The summed E-state index contributed by atoms with van der Waals surface area (Å²) in [5, 5.41) is 2.71. The molecule has 2 nitrogen and oxygen atoms in total. The summed E-state index contributed by atoms with van der Waals surface area (Å²) in [6, 6.07) is 30.0. The van der Waals surface area contributed by atoms with Gasteiger partial charge in [-0.3, -0.25) is 0 Å². The number of fused-ring (bicyclic) bond motifs is 1. The third kappa shape index (κ3) is 6.49. The Labute approximate surface area is 229 Å². The van der Waals surface area contributed by atoms with Crippen molar-refractivity contribution < 1.29 is 21.8 Å². The smallest absolute Gasteiger partial charge is 0.473 e. The number of aliphatic imine (C=N–C) groups is 1. The molecule has 0 N–H and O–H groups in total. The molecule has 36 heavy (non-hydrogen) atoms. The van der Waals surface area contributed by atoms with Crippen molar-refractivity contribution in [3.05, 3.63) is 159 Å². The molecule has 0 spiro atoms. The molecule has 4 heteroatoms. The number of benzene rings is 3. The summed E-state index contributed by atoms with van der Waals surface area (Å²) in [7, 11) is -0.643. The van der Waals surface area contributed by atoms with Crippen LogP contribution < -0.4 is 10.6 Å². The van der Waals surface area contributed by atoms with Crippen LogP contribution in [-0.4, -0.2) is 11.9 Å². The molecule has 1 aliphatic heterocycles. The average Bonchev–Trinajstić information content (AvgIpc) is 3.70. The molecule has 6 rings (SSSR count). The van der Waals surface area contributed by atoms with E-state index in [9.17, 15) is 0 Å².